The number of benzene rings is 2. The Balaban J connectivity index is 2.01. The molecular weight excluding hydrogens is 398 g/mol. The van der Waals surface area contributed by atoms with E-state index in [1.54, 1.807) is 43.3 Å². The van der Waals surface area contributed by atoms with E-state index in [0.717, 1.165) is 28.0 Å². The first kappa shape index (κ1) is 20.1. The summed E-state index contributed by atoms with van der Waals surface area (Å²) >= 11 is 0.988. The highest BCUT2D eigenvalue weighted by Crippen LogP contribution is 2.36. The van der Waals surface area contributed by atoms with Crippen LogP contribution in [0.25, 0.3) is 10.4 Å². The largest absolute Gasteiger partial charge is 0.477 e. The number of nitrogens with one attached hydrogen (secondary N) is 1. The van der Waals surface area contributed by atoms with Crippen molar-refractivity contribution in [3.63, 3.8) is 0 Å². The van der Waals surface area contributed by atoms with Gasteiger partial charge in [-0.2, -0.15) is 0 Å². The smallest absolute Gasteiger partial charge is 0.348 e. The Hall–Kier alpha value is -2.68. The molecule has 0 aliphatic rings. The highest BCUT2D eigenvalue weighted by atomic mass is 32.2. The molecule has 3 aromatic rings. The first-order valence-electron chi connectivity index (χ1n) is 8.38. The molecule has 0 aliphatic carbocycles. The second-order valence-corrected chi connectivity index (χ2v) is 9.09. The van der Waals surface area contributed by atoms with Gasteiger partial charge in [0.25, 0.3) is 10.0 Å². The Morgan fingerprint density at radius 1 is 1.07 bits per heavy atom. The number of aliphatic hydroxyl groups excluding tert-OH is 1. The average molecular weight is 418 g/mol. The van der Waals surface area contributed by atoms with Crippen LogP contribution in [0, 0.1) is 13.8 Å². The predicted molar refractivity (Wildman–Crippen MR) is 109 cm³/mol. The molecule has 1 heterocycles. The van der Waals surface area contributed by atoms with Crippen molar-refractivity contribution in [1.29, 1.82) is 0 Å². The maximum absolute atomic E-state index is 12.8. The highest BCUT2D eigenvalue weighted by Gasteiger charge is 2.23. The van der Waals surface area contributed by atoms with Crippen LogP contribution >= 0.6 is 11.3 Å². The fourth-order valence-electron chi connectivity index (χ4n) is 2.84. The third-order valence-corrected chi connectivity index (χ3v) is 6.91. The predicted octanol–water partition coefficient (Wildman–Crippen LogP) is 4.02. The van der Waals surface area contributed by atoms with Gasteiger partial charge in [0.2, 0.25) is 0 Å². The summed E-state index contributed by atoms with van der Waals surface area (Å²) in [4.78, 5) is 12.3. The average Bonchev–Trinajstić information content (AvgIpc) is 3.04. The van der Waals surface area contributed by atoms with Crippen molar-refractivity contribution < 1.29 is 23.4 Å². The molecule has 0 bridgehead atoms. The number of carboxylic acid groups (broad SMARTS) is 1. The first-order valence-corrected chi connectivity index (χ1v) is 10.7. The van der Waals surface area contributed by atoms with Crippen LogP contribution in [-0.4, -0.2) is 24.6 Å². The lowest BCUT2D eigenvalue weighted by atomic mass is 10.1. The molecule has 146 valence electrons. The molecular formula is C20H19NO5S2. The number of aliphatic hydroxyl groups is 1. The number of carboxylic acids is 1. The summed E-state index contributed by atoms with van der Waals surface area (Å²) in [5.41, 5.74) is 3.01. The Morgan fingerprint density at radius 3 is 2.32 bits per heavy atom. The van der Waals surface area contributed by atoms with Gasteiger partial charge < -0.3 is 10.2 Å². The molecule has 28 heavy (non-hydrogen) atoms. The summed E-state index contributed by atoms with van der Waals surface area (Å²) in [6.45, 7) is 3.47. The lowest BCUT2D eigenvalue weighted by Crippen LogP contribution is -2.15. The number of hydrogen-bond acceptors (Lipinski definition) is 5. The van der Waals surface area contributed by atoms with Crippen LogP contribution < -0.4 is 4.72 Å². The van der Waals surface area contributed by atoms with Crippen LogP contribution in [-0.2, 0) is 16.6 Å². The van der Waals surface area contributed by atoms with E-state index >= 15 is 0 Å². The number of hydrogen-bond donors (Lipinski definition) is 3. The second-order valence-electron chi connectivity index (χ2n) is 6.39. The quantitative estimate of drug-likeness (QED) is 0.562. The van der Waals surface area contributed by atoms with E-state index in [4.69, 9.17) is 5.11 Å². The Morgan fingerprint density at radius 2 is 1.75 bits per heavy atom. The normalized spacial score (nSPS) is 11.4. The van der Waals surface area contributed by atoms with Crippen LogP contribution in [0.3, 0.4) is 0 Å². The molecule has 0 aliphatic heterocycles. The van der Waals surface area contributed by atoms with E-state index in [2.05, 4.69) is 4.72 Å². The van der Waals surface area contributed by atoms with Gasteiger partial charge in [-0.1, -0.05) is 42.0 Å². The van der Waals surface area contributed by atoms with Gasteiger partial charge in [0.05, 0.1) is 17.2 Å². The molecule has 8 heteroatoms. The monoisotopic (exact) mass is 417 g/mol. The number of aromatic carboxylic acids is 1. The van der Waals surface area contributed by atoms with E-state index in [1.165, 1.54) is 12.1 Å². The molecule has 6 nitrogen and oxygen atoms in total. The fraction of sp³-hybridized carbons (Fsp3) is 0.150. The van der Waals surface area contributed by atoms with Crippen molar-refractivity contribution >= 4 is 33.0 Å². The zero-order valence-corrected chi connectivity index (χ0v) is 16.9. The Labute approximate surface area is 167 Å². The minimum atomic E-state index is -3.94. The molecule has 2 aromatic carbocycles. The van der Waals surface area contributed by atoms with Gasteiger partial charge in [0.15, 0.2) is 0 Å². The molecule has 3 N–H and O–H groups in total. The first-order chi connectivity index (χ1) is 13.2. The summed E-state index contributed by atoms with van der Waals surface area (Å²) in [7, 11) is -3.94. The van der Waals surface area contributed by atoms with Gasteiger partial charge >= 0.3 is 5.97 Å². The van der Waals surface area contributed by atoms with Crippen LogP contribution in [0.4, 0.5) is 5.69 Å². The standard InChI is InChI=1S/C20H19NO5S2/c1-12-3-8-18(13(2)9-12)28(25,26)21-16-10-17(27-19(16)20(23)24)15-6-4-14(11-22)5-7-15/h3-10,21-22H,11H2,1-2H3,(H,23,24). The van der Waals surface area contributed by atoms with Gasteiger partial charge in [0.1, 0.15) is 4.88 Å². The number of carbonyl (C=O) groups is 1. The maximum Gasteiger partial charge on any atom is 0.348 e. The SMILES string of the molecule is Cc1ccc(S(=O)(=O)Nc2cc(-c3ccc(CO)cc3)sc2C(=O)O)c(C)c1. The Kier molecular flexibility index (Phi) is 5.55. The molecule has 0 radical (unpaired) electrons. The molecule has 1 aromatic heterocycles. The zero-order valence-electron chi connectivity index (χ0n) is 15.3. The van der Waals surface area contributed by atoms with E-state index in [9.17, 15) is 18.3 Å². The summed E-state index contributed by atoms with van der Waals surface area (Å²) < 4.78 is 28.0. The molecule has 0 atom stereocenters. The number of rotatable bonds is 6. The topological polar surface area (TPSA) is 104 Å². The van der Waals surface area contributed by atoms with Gasteiger partial charge in [-0.3, -0.25) is 4.72 Å². The number of sulfonamides is 1. The van der Waals surface area contributed by atoms with Crippen LogP contribution in [0.5, 0.6) is 0 Å². The molecule has 3 rings (SSSR count). The van der Waals surface area contributed by atoms with Crippen molar-refractivity contribution in [3.05, 3.63) is 70.1 Å². The van der Waals surface area contributed by atoms with Crippen LogP contribution in [0.2, 0.25) is 0 Å². The second kappa shape index (κ2) is 7.75. The van der Waals surface area contributed by atoms with Gasteiger partial charge in [0, 0.05) is 4.88 Å². The molecule has 0 fully saturated rings. The van der Waals surface area contributed by atoms with E-state index < -0.39 is 16.0 Å². The number of aryl methyl sites for hydroxylation is 2. The van der Waals surface area contributed by atoms with Crippen molar-refractivity contribution in [3.8, 4) is 10.4 Å². The fourth-order valence-corrected chi connectivity index (χ4v) is 5.16. The Bertz CT molecular complexity index is 1130. The number of anilines is 1. The summed E-state index contributed by atoms with van der Waals surface area (Å²) in [5.74, 6) is -1.21. The molecule has 0 unspecified atom stereocenters. The van der Waals surface area contributed by atoms with Gasteiger partial charge in [-0.15, -0.1) is 11.3 Å². The minimum Gasteiger partial charge on any atom is -0.477 e. The molecule has 0 saturated carbocycles. The summed E-state index contributed by atoms with van der Waals surface area (Å²) in [6, 6.07) is 13.5. The van der Waals surface area contributed by atoms with Crippen LogP contribution in [0.15, 0.2) is 53.4 Å². The van der Waals surface area contributed by atoms with Crippen molar-refractivity contribution in [1.82, 2.24) is 0 Å². The zero-order chi connectivity index (χ0) is 20.5. The third kappa shape index (κ3) is 4.09. The summed E-state index contributed by atoms with van der Waals surface area (Å²) in [5, 5.41) is 18.7. The lowest BCUT2D eigenvalue weighted by Gasteiger charge is -2.10. The van der Waals surface area contributed by atoms with E-state index in [1.807, 2.05) is 6.92 Å². The third-order valence-electron chi connectivity index (χ3n) is 4.21. The van der Waals surface area contributed by atoms with Crippen molar-refractivity contribution in [2.24, 2.45) is 0 Å². The number of thiophene rings is 1. The molecule has 0 saturated heterocycles. The minimum absolute atomic E-state index is 0.0266. The van der Waals surface area contributed by atoms with E-state index in [0.29, 0.717) is 10.4 Å². The van der Waals surface area contributed by atoms with Crippen LogP contribution in [0.1, 0.15) is 26.4 Å². The van der Waals surface area contributed by atoms with Crippen molar-refractivity contribution in [2.75, 3.05) is 4.72 Å². The van der Waals surface area contributed by atoms with E-state index in [-0.39, 0.29) is 22.1 Å². The molecule has 0 amide bonds. The highest BCUT2D eigenvalue weighted by molar-refractivity contribution is 7.92. The van der Waals surface area contributed by atoms with Gasteiger partial charge in [-0.05, 0) is 42.7 Å². The van der Waals surface area contributed by atoms with Crippen molar-refractivity contribution in [2.45, 2.75) is 25.3 Å². The summed E-state index contributed by atoms with van der Waals surface area (Å²) in [6.07, 6.45) is 0. The lowest BCUT2D eigenvalue weighted by molar-refractivity contribution is 0.0703. The maximum atomic E-state index is 12.8. The molecule has 0 spiro atoms. The van der Waals surface area contributed by atoms with Gasteiger partial charge in [-0.25, -0.2) is 13.2 Å².